The summed E-state index contributed by atoms with van der Waals surface area (Å²) >= 11 is 3.46. The van der Waals surface area contributed by atoms with E-state index in [1.54, 1.807) is 13.2 Å². The molecule has 0 heterocycles. The van der Waals surface area contributed by atoms with Crippen molar-refractivity contribution in [2.75, 3.05) is 7.11 Å². The van der Waals surface area contributed by atoms with E-state index in [0.717, 1.165) is 28.6 Å². The number of rotatable bonds is 4. The van der Waals surface area contributed by atoms with Gasteiger partial charge in [0.05, 0.1) is 7.11 Å². The molecule has 1 aliphatic carbocycles. The number of ether oxygens (including phenoxy) is 1. The van der Waals surface area contributed by atoms with E-state index in [-0.39, 0.29) is 5.91 Å². The van der Waals surface area contributed by atoms with Crippen molar-refractivity contribution in [3.8, 4) is 5.75 Å². The average molecular weight is 422 g/mol. The van der Waals surface area contributed by atoms with Crippen molar-refractivity contribution in [2.24, 2.45) is 0 Å². The predicted molar refractivity (Wildman–Crippen MR) is 112 cm³/mol. The van der Waals surface area contributed by atoms with Crippen molar-refractivity contribution in [2.45, 2.75) is 76.7 Å². The first-order valence-corrected chi connectivity index (χ1v) is 10.8. The first-order valence-electron chi connectivity index (χ1n) is 10.0. The summed E-state index contributed by atoms with van der Waals surface area (Å²) in [5.74, 6) is 0.757. The van der Waals surface area contributed by atoms with E-state index >= 15 is 0 Å². The molecule has 1 aromatic carbocycles. The first-order chi connectivity index (χ1) is 12.7. The van der Waals surface area contributed by atoms with Crippen LogP contribution in [0.3, 0.4) is 0 Å². The Morgan fingerprint density at radius 1 is 1.04 bits per heavy atom. The van der Waals surface area contributed by atoms with Crippen LogP contribution in [0.5, 0.6) is 5.75 Å². The fourth-order valence-electron chi connectivity index (χ4n) is 3.56. The van der Waals surface area contributed by atoms with Gasteiger partial charge in [0, 0.05) is 22.2 Å². The summed E-state index contributed by atoms with van der Waals surface area (Å²) < 4.78 is 6.33. The summed E-state index contributed by atoms with van der Waals surface area (Å²) in [5.41, 5.74) is 0.899. The Morgan fingerprint density at radius 3 is 2.19 bits per heavy atom. The monoisotopic (exact) mass is 421 g/mol. The highest BCUT2D eigenvalue weighted by Crippen LogP contribution is 2.24. The largest absolute Gasteiger partial charge is 0.496 e. The Bertz CT molecular complexity index is 574. The molecule has 0 atom stereocenters. The summed E-state index contributed by atoms with van der Waals surface area (Å²) in [6, 6.07) is 6.09. The fourth-order valence-corrected chi connectivity index (χ4v) is 3.94. The van der Waals surface area contributed by atoms with Gasteiger partial charge in [-0.15, -0.1) is 0 Å². The number of nitrogens with one attached hydrogen (secondary N) is 1. The lowest BCUT2D eigenvalue weighted by atomic mass is 9.98. The maximum atomic E-state index is 12.4. The number of carbonyl (C=O) groups excluding carboxylic acids is 1. The minimum Gasteiger partial charge on any atom is -0.496 e. The minimum absolute atomic E-state index is 0.0101. The lowest BCUT2D eigenvalue weighted by Crippen LogP contribution is -2.33. The molecular weight excluding hydrogens is 390 g/mol. The molecule has 1 fully saturated rings. The molecule has 0 bridgehead atoms. The van der Waals surface area contributed by atoms with Gasteiger partial charge < -0.3 is 10.1 Å². The van der Waals surface area contributed by atoms with Crippen molar-refractivity contribution in [1.82, 2.24) is 5.32 Å². The number of benzene rings is 1. The number of carbonyl (C=O) groups is 1. The van der Waals surface area contributed by atoms with Crippen LogP contribution in [-0.4, -0.2) is 19.1 Å². The maximum absolute atomic E-state index is 12.4. The topological polar surface area (TPSA) is 38.3 Å². The molecule has 1 aromatic rings. The smallest absolute Gasteiger partial charge is 0.244 e. The normalized spacial score (nSPS) is 18.1. The van der Waals surface area contributed by atoms with Crippen LogP contribution in [0.2, 0.25) is 0 Å². The number of methoxy groups -OCH3 is 1. The van der Waals surface area contributed by atoms with Gasteiger partial charge in [-0.2, -0.15) is 0 Å². The van der Waals surface area contributed by atoms with Gasteiger partial charge in [-0.3, -0.25) is 4.79 Å². The Hall–Kier alpha value is -1.29. The molecule has 0 aliphatic heterocycles. The minimum atomic E-state index is -0.0101. The molecule has 0 saturated heterocycles. The van der Waals surface area contributed by atoms with E-state index in [9.17, 15) is 4.79 Å². The summed E-state index contributed by atoms with van der Waals surface area (Å²) in [5, 5.41) is 3.21. The molecule has 0 unspecified atom stereocenters. The Kier molecular flexibility index (Phi) is 9.83. The van der Waals surface area contributed by atoms with Crippen molar-refractivity contribution in [3.63, 3.8) is 0 Å². The van der Waals surface area contributed by atoms with Gasteiger partial charge in [-0.1, -0.05) is 73.7 Å². The third kappa shape index (κ3) is 7.94. The van der Waals surface area contributed by atoms with E-state index in [1.165, 1.54) is 57.8 Å². The van der Waals surface area contributed by atoms with Gasteiger partial charge in [0.15, 0.2) is 0 Å². The van der Waals surface area contributed by atoms with E-state index in [2.05, 4.69) is 21.2 Å². The van der Waals surface area contributed by atoms with Crippen LogP contribution in [0.15, 0.2) is 28.7 Å². The highest BCUT2D eigenvalue weighted by molar-refractivity contribution is 9.10. The molecule has 1 amide bonds. The molecular formula is C22H32BrNO2. The van der Waals surface area contributed by atoms with Crippen LogP contribution < -0.4 is 10.1 Å². The van der Waals surface area contributed by atoms with Gasteiger partial charge in [0.2, 0.25) is 5.91 Å². The number of hydrogen-bond donors (Lipinski definition) is 1. The molecule has 0 radical (unpaired) electrons. The second-order valence-electron chi connectivity index (χ2n) is 7.18. The summed E-state index contributed by atoms with van der Waals surface area (Å²) in [6.07, 6.45) is 17.5. The summed E-state index contributed by atoms with van der Waals surface area (Å²) in [7, 11) is 1.64. The third-order valence-electron chi connectivity index (χ3n) is 5.06. The Morgan fingerprint density at radius 2 is 1.62 bits per heavy atom. The van der Waals surface area contributed by atoms with Crippen LogP contribution in [0.4, 0.5) is 0 Å². The van der Waals surface area contributed by atoms with E-state index in [0.29, 0.717) is 6.04 Å². The summed E-state index contributed by atoms with van der Waals surface area (Å²) in [4.78, 5) is 12.4. The first kappa shape index (κ1) is 21.0. The number of halogens is 1. The average Bonchev–Trinajstić information content (AvgIpc) is 2.62. The zero-order valence-electron chi connectivity index (χ0n) is 15.9. The van der Waals surface area contributed by atoms with Crippen molar-refractivity contribution < 1.29 is 9.53 Å². The number of hydrogen-bond acceptors (Lipinski definition) is 2. The highest BCUT2D eigenvalue weighted by Gasteiger charge is 2.11. The van der Waals surface area contributed by atoms with E-state index < -0.39 is 0 Å². The van der Waals surface area contributed by atoms with Gasteiger partial charge in [-0.25, -0.2) is 0 Å². The molecule has 26 heavy (non-hydrogen) atoms. The fraction of sp³-hybridized carbons (Fsp3) is 0.591. The zero-order chi connectivity index (χ0) is 18.6. The SMILES string of the molecule is COc1ccc(Br)cc1/C=C/C(=O)NC1CCCCCCCCCCC1. The Labute approximate surface area is 166 Å². The zero-order valence-corrected chi connectivity index (χ0v) is 17.5. The van der Waals surface area contributed by atoms with Crippen LogP contribution >= 0.6 is 15.9 Å². The maximum Gasteiger partial charge on any atom is 0.244 e. The van der Waals surface area contributed by atoms with Crippen molar-refractivity contribution >= 4 is 27.9 Å². The standard InChI is InChI=1S/C22H32BrNO2/c1-26-21-15-14-19(23)17-18(21)13-16-22(25)24-20-11-9-7-5-3-2-4-6-8-10-12-20/h13-17,20H,2-12H2,1H3,(H,24,25)/b16-13+. The van der Waals surface area contributed by atoms with Crippen LogP contribution in [0.1, 0.15) is 76.2 Å². The molecule has 1 N–H and O–H groups in total. The second kappa shape index (κ2) is 12.2. The molecule has 144 valence electrons. The van der Waals surface area contributed by atoms with Crippen LogP contribution in [-0.2, 0) is 4.79 Å². The Balaban J connectivity index is 1.90. The van der Waals surface area contributed by atoms with Crippen molar-refractivity contribution in [3.05, 3.63) is 34.3 Å². The quantitative estimate of drug-likeness (QED) is 0.582. The van der Waals surface area contributed by atoms with Crippen LogP contribution in [0.25, 0.3) is 6.08 Å². The van der Waals surface area contributed by atoms with Gasteiger partial charge in [0.1, 0.15) is 5.75 Å². The molecule has 0 aromatic heterocycles. The van der Waals surface area contributed by atoms with E-state index in [1.807, 2.05) is 24.3 Å². The van der Waals surface area contributed by atoms with Gasteiger partial charge in [0.25, 0.3) is 0 Å². The molecule has 4 heteroatoms. The van der Waals surface area contributed by atoms with Gasteiger partial charge in [-0.05, 0) is 37.1 Å². The third-order valence-corrected chi connectivity index (χ3v) is 5.55. The van der Waals surface area contributed by atoms with Crippen LogP contribution in [0, 0.1) is 0 Å². The number of amides is 1. The predicted octanol–water partition coefficient (Wildman–Crippen LogP) is 6.26. The molecule has 2 rings (SSSR count). The summed E-state index contributed by atoms with van der Waals surface area (Å²) in [6.45, 7) is 0. The second-order valence-corrected chi connectivity index (χ2v) is 8.10. The van der Waals surface area contributed by atoms with Crippen molar-refractivity contribution in [1.29, 1.82) is 0 Å². The molecule has 1 saturated carbocycles. The lowest BCUT2D eigenvalue weighted by molar-refractivity contribution is -0.117. The lowest BCUT2D eigenvalue weighted by Gasteiger charge is -2.18. The van der Waals surface area contributed by atoms with Gasteiger partial charge >= 0.3 is 0 Å². The molecule has 0 spiro atoms. The molecule has 3 nitrogen and oxygen atoms in total. The van der Waals surface area contributed by atoms with E-state index in [4.69, 9.17) is 4.74 Å². The molecule has 1 aliphatic rings. The highest BCUT2D eigenvalue weighted by atomic mass is 79.9.